The number of sulfonamides is 1. The normalized spacial score (nSPS) is 23.2. The lowest BCUT2D eigenvalue weighted by molar-refractivity contribution is 0.208. The quantitative estimate of drug-likeness (QED) is 0.563. The maximum atomic E-state index is 14.6. The first-order valence-electron chi connectivity index (χ1n) is 10.6. The molecule has 1 fully saturated rings. The van der Waals surface area contributed by atoms with Crippen LogP contribution in [0.2, 0.25) is 0 Å². The molecular formula is C26H23F2NO2S. The highest BCUT2D eigenvalue weighted by molar-refractivity contribution is 7.88. The number of hydrogen-bond donors (Lipinski definition) is 0. The number of nitrogens with zero attached hydrogens (tertiary/aromatic N) is 1. The molecule has 0 radical (unpaired) electrons. The van der Waals surface area contributed by atoms with Crippen molar-refractivity contribution in [1.29, 1.82) is 0 Å². The monoisotopic (exact) mass is 451 g/mol. The Balaban J connectivity index is 1.78. The van der Waals surface area contributed by atoms with Crippen molar-refractivity contribution >= 4 is 15.6 Å². The minimum atomic E-state index is -3.38. The summed E-state index contributed by atoms with van der Waals surface area (Å²) >= 11 is 0. The molecule has 0 amide bonds. The molecule has 0 bridgehead atoms. The number of halogens is 2. The Bertz CT molecular complexity index is 1300. The second-order valence-electron chi connectivity index (χ2n) is 8.59. The molecule has 0 aromatic heterocycles. The molecule has 5 rings (SSSR count). The Labute approximate surface area is 187 Å². The van der Waals surface area contributed by atoms with Gasteiger partial charge in [-0.15, -0.1) is 0 Å². The molecule has 0 saturated carbocycles. The summed E-state index contributed by atoms with van der Waals surface area (Å²) in [5.74, 6) is -0.865. The number of hydrogen-bond acceptors (Lipinski definition) is 2. The van der Waals surface area contributed by atoms with Crippen LogP contribution in [0.25, 0.3) is 5.57 Å². The summed E-state index contributed by atoms with van der Waals surface area (Å²) in [6.45, 7) is 0.661. The van der Waals surface area contributed by atoms with E-state index in [2.05, 4.69) is 6.08 Å². The van der Waals surface area contributed by atoms with Crippen LogP contribution in [0.15, 0.2) is 78.9 Å². The maximum Gasteiger partial charge on any atom is 0.211 e. The molecule has 2 atom stereocenters. The predicted molar refractivity (Wildman–Crippen MR) is 122 cm³/mol. The standard InChI is InChI=1S/C26H23F2NO2S/c1-32(30,31)29-14-13-26(19-5-3-2-4-6-19)20(17-29)15-24(18-7-9-21(27)10-8-18)23-12-11-22(28)16-25(23)26/h2-12,15-16,20H,13-14,17H2,1H3/t20-,26-/m1/s1. The van der Waals surface area contributed by atoms with Crippen LogP contribution in [0.5, 0.6) is 0 Å². The smallest absolute Gasteiger partial charge is 0.211 e. The van der Waals surface area contributed by atoms with Gasteiger partial charge in [0, 0.05) is 24.4 Å². The van der Waals surface area contributed by atoms with E-state index in [0.29, 0.717) is 19.5 Å². The van der Waals surface area contributed by atoms with Crippen molar-refractivity contribution in [2.24, 2.45) is 5.92 Å². The lowest BCUT2D eigenvalue weighted by Crippen LogP contribution is -2.52. The molecule has 1 heterocycles. The van der Waals surface area contributed by atoms with Gasteiger partial charge >= 0.3 is 0 Å². The maximum absolute atomic E-state index is 14.6. The third kappa shape index (κ3) is 3.38. The minimum Gasteiger partial charge on any atom is -0.213 e. The summed E-state index contributed by atoms with van der Waals surface area (Å²) < 4.78 is 54.5. The van der Waals surface area contributed by atoms with Gasteiger partial charge in [0.25, 0.3) is 0 Å². The van der Waals surface area contributed by atoms with Gasteiger partial charge in [-0.05, 0) is 58.5 Å². The molecule has 3 aromatic carbocycles. The summed E-state index contributed by atoms with van der Waals surface area (Å²) in [7, 11) is -3.38. The molecule has 0 N–H and O–H groups in total. The summed E-state index contributed by atoms with van der Waals surface area (Å²) in [6, 6.07) is 21.0. The molecular weight excluding hydrogens is 428 g/mol. The van der Waals surface area contributed by atoms with Gasteiger partial charge in [-0.25, -0.2) is 21.5 Å². The highest BCUT2D eigenvalue weighted by Gasteiger charge is 2.49. The zero-order chi connectivity index (χ0) is 22.5. The van der Waals surface area contributed by atoms with Crippen molar-refractivity contribution < 1.29 is 17.2 Å². The van der Waals surface area contributed by atoms with E-state index < -0.39 is 15.4 Å². The van der Waals surface area contributed by atoms with Gasteiger partial charge in [0.1, 0.15) is 11.6 Å². The predicted octanol–water partition coefficient (Wildman–Crippen LogP) is 4.98. The van der Waals surface area contributed by atoms with Crippen LogP contribution in [0.1, 0.15) is 28.7 Å². The van der Waals surface area contributed by atoms with Crippen LogP contribution in [-0.2, 0) is 15.4 Å². The fraction of sp³-hybridized carbons (Fsp3) is 0.231. The second kappa shape index (κ2) is 7.64. The van der Waals surface area contributed by atoms with Gasteiger partial charge in [0.2, 0.25) is 10.0 Å². The third-order valence-corrected chi connectivity index (χ3v) is 8.09. The van der Waals surface area contributed by atoms with Crippen molar-refractivity contribution in [3.05, 3.63) is 113 Å². The summed E-state index contributed by atoms with van der Waals surface area (Å²) in [5.41, 5.74) is 3.92. The molecule has 2 aliphatic rings. The fourth-order valence-corrected chi connectivity index (χ4v) is 6.18. The first kappa shape index (κ1) is 21.0. The Morgan fingerprint density at radius 3 is 2.31 bits per heavy atom. The lowest BCUT2D eigenvalue weighted by atomic mass is 9.57. The van der Waals surface area contributed by atoms with E-state index in [1.54, 1.807) is 24.3 Å². The lowest BCUT2D eigenvalue weighted by Gasteiger charge is -2.50. The Morgan fingerprint density at radius 1 is 0.938 bits per heavy atom. The zero-order valence-corrected chi connectivity index (χ0v) is 18.4. The van der Waals surface area contributed by atoms with Gasteiger partial charge in [0.15, 0.2) is 0 Å². The molecule has 3 aromatic rings. The van der Waals surface area contributed by atoms with Crippen molar-refractivity contribution in [3.8, 4) is 0 Å². The molecule has 6 heteroatoms. The average molecular weight is 452 g/mol. The van der Waals surface area contributed by atoms with Crippen LogP contribution in [0.3, 0.4) is 0 Å². The largest absolute Gasteiger partial charge is 0.213 e. The molecule has 3 nitrogen and oxygen atoms in total. The van der Waals surface area contributed by atoms with E-state index in [4.69, 9.17) is 0 Å². The number of fused-ring (bicyclic) bond motifs is 3. The molecule has 1 aliphatic carbocycles. The van der Waals surface area contributed by atoms with Gasteiger partial charge < -0.3 is 0 Å². The Kier molecular flexibility index (Phi) is 5.02. The number of rotatable bonds is 3. The highest BCUT2D eigenvalue weighted by atomic mass is 32.2. The van der Waals surface area contributed by atoms with Crippen LogP contribution in [0, 0.1) is 17.6 Å². The number of benzene rings is 3. The second-order valence-corrected chi connectivity index (χ2v) is 10.6. The van der Waals surface area contributed by atoms with E-state index in [9.17, 15) is 17.2 Å². The molecule has 0 spiro atoms. The Morgan fingerprint density at radius 2 is 1.62 bits per heavy atom. The Hall–Kier alpha value is -2.83. The van der Waals surface area contributed by atoms with Crippen LogP contribution < -0.4 is 0 Å². The fourth-order valence-electron chi connectivity index (χ4n) is 5.33. The molecule has 0 unspecified atom stereocenters. The summed E-state index contributed by atoms with van der Waals surface area (Å²) in [6.07, 6.45) is 3.86. The van der Waals surface area contributed by atoms with E-state index in [-0.39, 0.29) is 17.6 Å². The average Bonchev–Trinajstić information content (AvgIpc) is 2.78. The van der Waals surface area contributed by atoms with Crippen molar-refractivity contribution in [1.82, 2.24) is 4.31 Å². The minimum absolute atomic E-state index is 0.206. The van der Waals surface area contributed by atoms with Gasteiger partial charge in [-0.2, -0.15) is 0 Å². The summed E-state index contributed by atoms with van der Waals surface area (Å²) in [5, 5.41) is 0. The molecule has 32 heavy (non-hydrogen) atoms. The molecule has 164 valence electrons. The topological polar surface area (TPSA) is 37.4 Å². The van der Waals surface area contributed by atoms with Crippen LogP contribution in [0.4, 0.5) is 8.78 Å². The van der Waals surface area contributed by atoms with Crippen LogP contribution in [-0.4, -0.2) is 32.1 Å². The first-order chi connectivity index (χ1) is 15.3. The van der Waals surface area contributed by atoms with Gasteiger partial charge in [0.05, 0.1) is 6.26 Å². The zero-order valence-electron chi connectivity index (χ0n) is 17.6. The third-order valence-electron chi connectivity index (χ3n) is 6.82. The van der Waals surface area contributed by atoms with Crippen molar-refractivity contribution in [2.75, 3.05) is 19.3 Å². The van der Waals surface area contributed by atoms with Crippen molar-refractivity contribution in [3.63, 3.8) is 0 Å². The molecule has 1 saturated heterocycles. The molecule has 1 aliphatic heterocycles. The van der Waals surface area contributed by atoms with Crippen molar-refractivity contribution in [2.45, 2.75) is 11.8 Å². The van der Waals surface area contributed by atoms with E-state index in [1.807, 2.05) is 30.3 Å². The SMILES string of the molecule is CS(=O)(=O)N1CC[C@]2(c3ccccc3)c3cc(F)ccc3C(c3ccc(F)cc3)=C[C@@H]2C1. The first-order valence-corrected chi connectivity index (χ1v) is 12.4. The van der Waals surface area contributed by atoms with Gasteiger partial charge in [-0.1, -0.05) is 54.6 Å². The number of piperidine rings is 1. The van der Waals surface area contributed by atoms with E-state index in [1.165, 1.54) is 28.8 Å². The van der Waals surface area contributed by atoms with E-state index in [0.717, 1.165) is 27.8 Å². The van der Waals surface area contributed by atoms with E-state index >= 15 is 0 Å². The van der Waals surface area contributed by atoms with Crippen LogP contribution >= 0.6 is 0 Å². The van der Waals surface area contributed by atoms with Gasteiger partial charge in [-0.3, -0.25) is 0 Å². The highest BCUT2D eigenvalue weighted by Crippen LogP contribution is 2.53. The summed E-state index contributed by atoms with van der Waals surface area (Å²) in [4.78, 5) is 0.